The number of ether oxygens (including phenoxy) is 1. The first-order valence-corrected chi connectivity index (χ1v) is 10.3. The number of benzene rings is 2. The molecule has 1 aliphatic rings. The number of amides is 1. The molecule has 1 fully saturated rings. The summed E-state index contributed by atoms with van der Waals surface area (Å²) >= 11 is 0. The van der Waals surface area contributed by atoms with Crippen LogP contribution >= 0.6 is 0 Å². The lowest BCUT2D eigenvalue weighted by Gasteiger charge is -2.28. The van der Waals surface area contributed by atoms with Crippen LogP contribution in [0.3, 0.4) is 0 Å². The van der Waals surface area contributed by atoms with Crippen LogP contribution in [-0.2, 0) is 9.53 Å². The highest BCUT2D eigenvalue weighted by Gasteiger charge is 2.11. The Balaban J connectivity index is 1.47. The number of nitrogens with zero attached hydrogens (tertiary/aromatic N) is 3. The van der Waals surface area contributed by atoms with Gasteiger partial charge in [-0.3, -0.25) is 4.79 Å². The van der Waals surface area contributed by atoms with E-state index in [0.717, 1.165) is 43.2 Å². The standard InChI is InChI=1S/C24H25N5O2/c1-2-4-24(30)28-20-6-3-5-18(15-20)22-16-23(26-17-25-22)27-19-7-9-21(10-8-19)29-11-13-31-14-12-29/h2-10,15-17H,11-14H2,1H3,(H,28,30)(H,25,26,27). The summed E-state index contributed by atoms with van der Waals surface area (Å²) in [5.74, 6) is 0.540. The maximum atomic E-state index is 11.8. The fourth-order valence-corrected chi connectivity index (χ4v) is 3.40. The fraction of sp³-hybridized carbons (Fsp3) is 0.208. The molecule has 0 atom stereocenters. The molecule has 3 aromatic rings. The molecule has 0 radical (unpaired) electrons. The molecule has 0 saturated carbocycles. The second-order valence-corrected chi connectivity index (χ2v) is 7.13. The van der Waals surface area contributed by atoms with Gasteiger partial charge in [-0.1, -0.05) is 18.2 Å². The fourth-order valence-electron chi connectivity index (χ4n) is 3.40. The number of rotatable bonds is 6. The maximum absolute atomic E-state index is 11.8. The average molecular weight is 415 g/mol. The van der Waals surface area contributed by atoms with Gasteiger partial charge in [0.05, 0.1) is 18.9 Å². The van der Waals surface area contributed by atoms with Crippen molar-refractivity contribution in [2.45, 2.75) is 6.92 Å². The van der Waals surface area contributed by atoms with Gasteiger partial charge in [0, 0.05) is 41.8 Å². The number of carbonyl (C=O) groups excluding carboxylic acids is 1. The molecule has 0 bridgehead atoms. The largest absolute Gasteiger partial charge is 0.378 e. The van der Waals surface area contributed by atoms with Crippen molar-refractivity contribution in [3.05, 3.63) is 73.1 Å². The lowest BCUT2D eigenvalue weighted by Crippen LogP contribution is -2.36. The second kappa shape index (κ2) is 9.86. The Morgan fingerprint density at radius 1 is 1.03 bits per heavy atom. The van der Waals surface area contributed by atoms with Gasteiger partial charge in [-0.05, 0) is 49.4 Å². The van der Waals surface area contributed by atoms with E-state index in [1.807, 2.05) is 49.4 Å². The third-order valence-electron chi connectivity index (χ3n) is 4.93. The van der Waals surface area contributed by atoms with Gasteiger partial charge in [-0.25, -0.2) is 9.97 Å². The molecule has 2 aromatic carbocycles. The molecule has 0 unspecified atom stereocenters. The van der Waals surface area contributed by atoms with E-state index in [-0.39, 0.29) is 5.91 Å². The highest BCUT2D eigenvalue weighted by atomic mass is 16.5. The van der Waals surface area contributed by atoms with Gasteiger partial charge in [-0.2, -0.15) is 0 Å². The predicted molar refractivity (Wildman–Crippen MR) is 124 cm³/mol. The van der Waals surface area contributed by atoms with Crippen molar-refractivity contribution in [2.75, 3.05) is 41.8 Å². The van der Waals surface area contributed by atoms with Crippen molar-refractivity contribution in [3.8, 4) is 11.3 Å². The Hall–Kier alpha value is -3.71. The number of anilines is 4. The highest BCUT2D eigenvalue weighted by molar-refractivity contribution is 5.99. The number of aromatic nitrogens is 2. The number of morpholine rings is 1. The number of carbonyl (C=O) groups is 1. The van der Waals surface area contributed by atoms with Gasteiger partial charge in [0.2, 0.25) is 5.91 Å². The number of hydrogen-bond acceptors (Lipinski definition) is 6. The molecule has 1 aliphatic heterocycles. The zero-order valence-corrected chi connectivity index (χ0v) is 17.4. The lowest BCUT2D eigenvalue weighted by atomic mass is 10.1. The Morgan fingerprint density at radius 2 is 1.84 bits per heavy atom. The van der Waals surface area contributed by atoms with Crippen molar-refractivity contribution in [1.82, 2.24) is 9.97 Å². The topological polar surface area (TPSA) is 79.4 Å². The summed E-state index contributed by atoms with van der Waals surface area (Å²) in [6.07, 6.45) is 4.73. The van der Waals surface area contributed by atoms with Crippen molar-refractivity contribution in [2.24, 2.45) is 0 Å². The third-order valence-corrected chi connectivity index (χ3v) is 4.93. The van der Waals surface area contributed by atoms with Gasteiger partial charge >= 0.3 is 0 Å². The first-order valence-electron chi connectivity index (χ1n) is 10.3. The molecule has 2 N–H and O–H groups in total. The van der Waals surface area contributed by atoms with Crippen molar-refractivity contribution < 1.29 is 9.53 Å². The normalized spacial score (nSPS) is 13.9. The molecular weight excluding hydrogens is 390 g/mol. The Kier molecular flexibility index (Phi) is 6.54. The molecule has 0 aliphatic carbocycles. The summed E-state index contributed by atoms with van der Waals surface area (Å²) < 4.78 is 5.42. The molecule has 1 amide bonds. The minimum Gasteiger partial charge on any atom is -0.378 e. The molecular formula is C24H25N5O2. The molecule has 31 heavy (non-hydrogen) atoms. The lowest BCUT2D eigenvalue weighted by molar-refractivity contribution is -0.111. The van der Waals surface area contributed by atoms with Crippen molar-refractivity contribution in [1.29, 1.82) is 0 Å². The molecule has 0 spiro atoms. The smallest absolute Gasteiger partial charge is 0.248 e. The summed E-state index contributed by atoms with van der Waals surface area (Å²) in [7, 11) is 0. The van der Waals surface area contributed by atoms with Crippen LogP contribution in [0.15, 0.2) is 73.1 Å². The molecule has 7 nitrogen and oxygen atoms in total. The summed E-state index contributed by atoms with van der Waals surface area (Å²) in [4.78, 5) is 22.8. The van der Waals surface area contributed by atoms with Crippen LogP contribution in [0.2, 0.25) is 0 Å². The van der Waals surface area contributed by atoms with E-state index >= 15 is 0 Å². The van der Waals surface area contributed by atoms with Crippen molar-refractivity contribution in [3.63, 3.8) is 0 Å². The van der Waals surface area contributed by atoms with Crippen LogP contribution in [0.5, 0.6) is 0 Å². The first kappa shape index (κ1) is 20.6. The molecule has 4 rings (SSSR count). The Morgan fingerprint density at radius 3 is 2.61 bits per heavy atom. The summed E-state index contributed by atoms with van der Waals surface area (Å²) in [6, 6.07) is 17.8. The van der Waals surface area contributed by atoms with Crippen molar-refractivity contribution >= 4 is 28.8 Å². The van der Waals surface area contributed by atoms with E-state index in [4.69, 9.17) is 4.74 Å². The van der Waals surface area contributed by atoms with E-state index < -0.39 is 0 Å². The van der Waals surface area contributed by atoms with E-state index in [0.29, 0.717) is 11.5 Å². The number of nitrogens with one attached hydrogen (secondary N) is 2. The summed E-state index contributed by atoms with van der Waals surface area (Å²) in [5.41, 5.74) is 4.52. The molecule has 2 heterocycles. The average Bonchev–Trinajstić information content (AvgIpc) is 2.81. The summed E-state index contributed by atoms with van der Waals surface area (Å²) in [5, 5.41) is 6.18. The van der Waals surface area contributed by atoms with E-state index in [2.05, 4.69) is 37.6 Å². The van der Waals surface area contributed by atoms with Gasteiger partial charge in [-0.15, -0.1) is 0 Å². The van der Waals surface area contributed by atoms with E-state index in [1.165, 1.54) is 18.1 Å². The minimum atomic E-state index is -0.162. The first-order chi connectivity index (χ1) is 15.2. The SMILES string of the molecule is CC=CC(=O)Nc1cccc(-c2cc(Nc3ccc(N4CCOCC4)cc3)ncn2)c1. The molecule has 158 valence electrons. The molecule has 7 heteroatoms. The number of hydrogen-bond donors (Lipinski definition) is 2. The Bertz CT molecular complexity index is 1060. The predicted octanol–water partition coefficient (Wildman–Crippen LogP) is 4.24. The van der Waals surface area contributed by atoms with E-state index in [1.54, 1.807) is 6.08 Å². The Labute approximate surface area is 181 Å². The highest BCUT2D eigenvalue weighted by Crippen LogP contribution is 2.25. The third kappa shape index (κ3) is 5.46. The zero-order chi connectivity index (χ0) is 21.5. The van der Waals surface area contributed by atoms with Gasteiger partial charge in [0.1, 0.15) is 12.1 Å². The van der Waals surface area contributed by atoms with Gasteiger partial charge < -0.3 is 20.3 Å². The molecule has 1 aromatic heterocycles. The monoisotopic (exact) mass is 415 g/mol. The quantitative estimate of drug-likeness (QED) is 0.587. The second-order valence-electron chi connectivity index (χ2n) is 7.13. The van der Waals surface area contributed by atoms with Crippen LogP contribution < -0.4 is 15.5 Å². The summed E-state index contributed by atoms with van der Waals surface area (Å²) in [6.45, 7) is 5.17. The van der Waals surface area contributed by atoms with Crippen LogP contribution in [0, 0.1) is 0 Å². The van der Waals surface area contributed by atoms with Gasteiger partial charge in [0.25, 0.3) is 0 Å². The zero-order valence-electron chi connectivity index (χ0n) is 17.4. The molecule has 1 saturated heterocycles. The van der Waals surface area contributed by atoms with Gasteiger partial charge in [0.15, 0.2) is 0 Å². The van der Waals surface area contributed by atoms with Crippen LogP contribution in [-0.4, -0.2) is 42.2 Å². The number of allylic oxidation sites excluding steroid dienone is 1. The van der Waals surface area contributed by atoms with Crippen LogP contribution in [0.4, 0.5) is 22.9 Å². The van der Waals surface area contributed by atoms with Crippen LogP contribution in [0.1, 0.15) is 6.92 Å². The maximum Gasteiger partial charge on any atom is 0.248 e. The van der Waals surface area contributed by atoms with Crippen LogP contribution in [0.25, 0.3) is 11.3 Å². The van der Waals surface area contributed by atoms with E-state index in [9.17, 15) is 4.79 Å². The minimum absolute atomic E-state index is 0.162.